The molecule has 1 spiro atoms. The summed E-state index contributed by atoms with van der Waals surface area (Å²) >= 11 is 0. The van der Waals surface area contributed by atoms with Crippen molar-refractivity contribution in [3.05, 3.63) is 124 Å². The van der Waals surface area contributed by atoms with Gasteiger partial charge in [-0.15, -0.1) is 0 Å². The smallest absolute Gasteiger partial charge is 0.338 e. The van der Waals surface area contributed by atoms with Crippen molar-refractivity contribution in [2.24, 2.45) is 5.92 Å². The Morgan fingerprint density at radius 2 is 1.68 bits per heavy atom. The van der Waals surface area contributed by atoms with Gasteiger partial charge in [-0.25, -0.2) is 4.79 Å². The molecule has 2 saturated heterocycles. The number of ether oxygens (including phenoxy) is 5. The van der Waals surface area contributed by atoms with Crippen LogP contribution < -0.4 is 10.6 Å². The highest BCUT2D eigenvalue weighted by Gasteiger charge is 2.55. The molecule has 3 aromatic rings. The second-order valence-electron chi connectivity index (χ2n) is 17.7. The molecule has 3 unspecified atom stereocenters. The third-order valence-corrected chi connectivity index (χ3v) is 11.8. The number of benzene rings is 3. The van der Waals surface area contributed by atoms with E-state index in [2.05, 4.69) is 34.9 Å². The molecule has 8 rings (SSSR count). The van der Waals surface area contributed by atoms with Crippen molar-refractivity contribution in [1.29, 1.82) is 0 Å². The predicted octanol–water partition coefficient (Wildman–Crippen LogP) is 5.93. The van der Waals surface area contributed by atoms with Crippen molar-refractivity contribution in [2.45, 2.75) is 127 Å². The van der Waals surface area contributed by atoms with E-state index in [1.54, 1.807) is 57.2 Å². The van der Waals surface area contributed by atoms with Gasteiger partial charge in [0.15, 0.2) is 5.79 Å². The van der Waals surface area contributed by atoms with Crippen molar-refractivity contribution in [3.8, 4) is 0 Å². The summed E-state index contributed by atoms with van der Waals surface area (Å²) in [5.74, 6) is -2.19. The minimum absolute atomic E-state index is 0.0423. The van der Waals surface area contributed by atoms with Crippen LogP contribution in [-0.2, 0) is 52.7 Å². The number of epoxide rings is 1. The standard InChI is InChI=1S/C48H54N2O10/c1-47(2,3)59-42(52)19-17-37(28-51)50-45(54)32-12-7-9-31(21-32)27-49-44(53)36-23-40(43-41(24-36)58-48(60-43)25-34-10-4-5-11-35(34)26-48)57-46(55)33-13-6-8-29(20-33)14-15-30-16-18-38-39(22-30)56-38/h4-15,20-21,24,30,37-41,43,51H,16-19,22-23,25-28H2,1-3H3,(H,49,53)(H,50,54)/t30?,37-,38?,39?,40+,41+,43-/m0/s1. The molecule has 1 saturated carbocycles. The van der Waals surface area contributed by atoms with Gasteiger partial charge in [0.25, 0.3) is 5.91 Å². The Morgan fingerprint density at radius 1 is 0.917 bits per heavy atom. The molecule has 3 fully saturated rings. The van der Waals surface area contributed by atoms with Gasteiger partial charge in [-0.3, -0.25) is 14.4 Å². The molecule has 3 aromatic carbocycles. The third kappa shape index (κ3) is 10.1. The second kappa shape index (κ2) is 17.5. The maximum Gasteiger partial charge on any atom is 0.338 e. The Morgan fingerprint density at radius 3 is 2.43 bits per heavy atom. The van der Waals surface area contributed by atoms with Gasteiger partial charge in [0.2, 0.25) is 5.91 Å². The first-order valence-corrected chi connectivity index (χ1v) is 21.1. The minimum Gasteiger partial charge on any atom is -0.460 e. The molecule has 3 aliphatic carbocycles. The van der Waals surface area contributed by atoms with Gasteiger partial charge < -0.3 is 39.4 Å². The molecule has 60 heavy (non-hydrogen) atoms. The number of amides is 2. The maximum atomic E-state index is 13.9. The quantitative estimate of drug-likeness (QED) is 0.139. The van der Waals surface area contributed by atoms with Crippen LogP contribution in [0.4, 0.5) is 0 Å². The summed E-state index contributed by atoms with van der Waals surface area (Å²) < 4.78 is 30.6. The van der Waals surface area contributed by atoms with Crippen molar-refractivity contribution in [2.75, 3.05) is 6.61 Å². The zero-order chi connectivity index (χ0) is 42.0. The molecule has 5 aliphatic rings. The summed E-state index contributed by atoms with van der Waals surface area (Å²) in [5.41, 5.74) is 4.37. The number of carbonyl (C=O) groups excluding carboxylic acids is 4. The Balaban J connectivity index is 0.924. The highest BCUT2D eigenvalue weighted by atomic mass is 16.8. The van der Waals surface area contributed by atoms with E-state index in [1.807, 2.05) is 30.3 Å². The number of nitrogens with one attached hydrogen (secondary N) is 2. The average Bonchev–Trinajstić information content (AvgIpc) is 3.79. The molecular weight excluding hydrogens is 765 g/mol. The fourth-order valence-electron chi connectivity index (χ4n) is 8.78. The average molecular weight is 819 g/mol. The van der Waals surface area contributed by atoms with E-state index in [9.17, 15) is 24.3 Å². The van der Waals surface area contributed by atoms with Gasteiger partial charge >= 0.3 is 11.9 Å². The number of allylic oxidation sites excluding steroid dienone is 1. The van der Waals surface area contributed by atoms with E-state index in [-0.39, 0.29) is 38.3 Å². The van der Waals surface area contributed by atoms with Crippen molar-refractivity contribution < 1.29 is 48.0 Å². The predicted molar refractivity (Wildman–Crippen MR) is 221 cm³/mol. The van der Waals surface area contributed by atoms with Crippen LogP contribution in [0.25, 0.3) is 6.08 Å². The van der Waals surface area contributed by atoms with Crippen LogP contribution in [0.15, 0.2) is 90.5 Å². The zero-order valence-electron chi connectivity index (χ0n) is 34.4. The van der Waals surface area contributed by atoms with Crippen LogP contribution in [0.1, 0.15) is 102 Å². The summed E-state index contributed by atoms with van der Waals surface area (Å²) in [6, 6.07) is 21.6. The van der Waals surface area contributed by atoms with E-state index >= 15 is 0 Å². The second-order valence-corrected chi connectivity index (χ2v) is 17.7. The van der Waals surface area contributed by atoms with Crippen LogP contribution in [0, 0.1) is 5.92 Å². The topological polar surface area (TPSA) is 162 Å². The van der Waals surface area contributed by atoms with Gasteiger partial charge in [0.1, 0.15) is 23.9 Å². The number of hydrogen-bond donors (Lipinski definition) is 3. The first-order valence-electron chi connectivity index (χ1n) is 21.1. The largest absolute Gasteiger partial charge is 0.460 e. The van der Waals surface area contributed by atoms with E-state index in [0.717, 1.165) is 36.0 Å². The molecule has 0 aromatic heterocycles. The Labute approximate surface area is 350 Å². The van der Waals surface area contributed by atoms with Crippen LogP contribution in [0.5, 0.6) is 0 Å². The molecule has 0 radical (unpaired) electrons. The van der Waals surface area contributed by atoms with Crippen molar-refractivity contribution in [1.82, 2.24) is 10.6 Å². The van der Waals surface area contributed by atoms with Crippen LogP contribution in [0.2, 0.25) is 0 Å². The fourth-order valence-corrected chi connectivity index (χ4v) is 8.78. The Kier molecular flexibility index (Phi) is 12.1. The van der Waals surface area contributed by atoms with Gasteiger partial charge in [0, 0.05) is 43.4 Å². The lowest BCUT2D eigenvalue weighted by molar-refractivity contribution is -0.172. The summed E-state index contributed by atoms with van der Waals surface area (Å²) in [6.45, 7) is 5.10. The number of rotatable bonds is 13. The van der Waals surface area contributed by atoms with Gasteiger partial charge in [0.05, 0.1) is 30.4 Å². The summed E-state index contributed by atoms with van der Waals surface area (Å²) in [4.78, 5) is 53.0. The number of esters is 2. The van der Waals surface area contributed by atoms with Crippen molar-refractivity contribution >= 4 is 29.8 Å². The molecule has 12 heteroatoms. The molecule has 2 amide bonds. The zero-order valence-corrected chi connectivity index (χ0v) is 34.4. The lowest BCUT2D eigenvalue weighted by atomic mass is 9.88. The normalized spacial score (nSPS) is 25.4. The molecule has 3 N–H and O–H groups in total. The molecule has 2 heterocycles. The van der Waals surface area contributed by atoms with E-state index < -0.39 is 53.6 Å². The Hall–Kier alpha value is -5.14. The number of fused-ring (bicyclic) bond motifs is 3. The highest BCUT2D eigenvalue weighted by molar-refractivity contribution is 5.95. The summed E-state index contributed by atoms with van der Waals surface area (Å²) in [7, 11) is 0. The Bertz CT molecular complexity index is 2150. The fraction of sp³-hybridized carbons (Fsp3) is 0.458. The monoisotopic (exact) mass is 818 g/mol. The SMILES string of the molecule is CC(C)(C)OC(=O)CC[C@@H](CO)NC(=O)c1cccc(CNC(=O)C2=C[C@H]3OC4(Cc5ccccc5C4)O[C@H]3[C@H](OC(=O)c3cccc(C=CC4CCC5OC5C4)c3)C2)c1. The lowest BCUT2D eigenvalue weighted by Crippen LogP contribution is -2.43. The van der Waals surface area contributed by atoms with Gasteiger partial charge in [-0.1, -0.05) is 60.7 Å². The van der Waals surface area contributed by atoms with E-state index in [0.29, 0.717) is 53.2 Å². The van der Waals surface area contributed by atoms with Crippen molar-refractivity contribution in [3.63, 3.8) is 0 Å². The number of hydrogen-bond acceptors (Lipinski definition) is 10. The van der Waals surface area contributed by atoms with E-state index in [1.165, 1.54) is 0 Å². The minimum atomic E-state index is -0.937. The van der Waals surface area contributed by atoms with Gasteiger partial charge in [-0.2, -0.15) is 0 Å². The van der Waals surface area contributed by atoms with Crippen LogP contribution >= 0.6 is 0 Å². The number of aliphatic hydroxyl groups excluding tert-OH is 1. The first-order chi connectivity index (χ1) is 28.8. The molecule has 316 valence electrons. The highest BCUT2D eigenvalue weighted by Crippen LogP contribution is 2.45. The molecule has 0 bridgehead atoms. The van der Waals surface area contributed by atoms with Crippen LogP contribution in [-0.4, -0.2) is 83.4 Å². The molecular formula is C48H54N2O10. The molecule has 12 nitrogen and oxygen atoms in total. The molecule has 7 atom stereocenters. The maximum absolute atomic E-state index is 13.9. The van der Waals surface area contributed by atoms with Gasteiger partial charge in [-0.05, 0) is 105 Å². The number of carbonyl (C=O) groups is 4. The van der Waals surface area contributed by atoms with Crippen LogP contribution in [0.3, 0.4) is 0 Å². The van der Waals surface area contributed by atoms with E-state index in [4.69, 9.17) is 23.7 Å². The summed E-state index contributed by atoms with van der Waals surface area (Å²) in [6.07, 6.45) is 9.49. The number of aliphatic hydroxyl groups is 1. The first kappa shape index (κ1) is 41.6. The molecule has 2 aliphatic heterocycles. The third-order valence-electron chi connectivity index (χ3n) is 11.8. The lowest BCUT2D eigenvalue weighted by Gasteiger charge is -2.30. The summed E-state index contributed by atoms with van der Waals surface area (Å²) in [5, 5.41) is 15.6.